The van der Waals surface area contributed by atoms with Gasteiger partial charge in [0.2, 0.25) is 11.8 Å². The molecular weight excluding hydrogens is 428 g/mol. The molecule has 0 radical (unpaired) electrons. The molecule has 1 unspecified atom stereocenters. The minimum atomic E-state index is -1.72. The van der Waals surface area contributed by atoms with Gasteiger partial charge in [-0.1, -0.05) is 6.07 Å². The third-order valence-corrected chi connectivity index (χ3v) is 4.61. The van der Waals surface area contributed by atoms with Crippen molar-refractivity contribution >= 4 is 40.9 Å². The Hall–Kier alpha value is -3.34. The number of nitrogens with one attached hydrogen (secondary N) is 2. The highest BCUT2D eigenvalue weighted by atomic mass is 32.2. The zero-order chi connectivity index (χ0) is 22.4. The molecule has 2 aromatic carbocycles. The summed E-state index contributed by atoms with van der Waals surface area (Å²) in [6.07, 6.45) is 1.48. The molecule has 0 aliphatic carbocycles. The maximum atomic E-state index is 13.7. The van der Waals surface area contributed by atoms with E-state index in [4.69, 9.17) is 5.11 Å². The third-order valence-electron chi connectivity index (χ3n) is 3.52. The van der Waals surface area contributed by atoms with Gasteiger partial charge in [0.25, 0.3) is 0 Å². The first-order valence-electron chi connectivity index (χ1n) is 8.21. The summed E-state index contributed by atoms with van der Waals surface area (Å²) in [7, 11) is 0. The molecule has 2 aromatic rings. The van der Waals surface area contributed by atoms with Crippen LogP contribution in [0.2, 0.25) is 0 Å². The lowest BCUT2D eigenvalue weighted by molar-refractivity contribution is -0.131. The molecule has 158 valence electrons. The number of benzene rings is 2. The van der Waals surface area contributed by atoms with Crippen LogP contribution in [-0.4, -0.2) is 28.1 Å². The minimum absolute atomic E-state index is 0.0317. The Morgan fingerprint density at radius 1 is 1.00 bits per heavy atom. The zero-order valence-electron chi connectivity index (χ0n) is 15.2. The Labute approximate surface area is 172 Å². The van der Waals surface area contributed by atoms with E-state index >= 15 is 0 Å². The van der Waals surface area contributed by atoms with Crippen LogP contribution in [-0.2, 0) is 14.4 Å². The molecule has 2 rings (SSSR count). The summed E-state index contributed by atoms with van der Waals surface area (Å²) >= 11 is 0.943. The molecule has 11 heteroatoms. The van der Waals surface area contributed by atoms with Gasteiger partial charge < -0.3 is 15.7 Å². The predicted molar refractivity (Wildman–Crippen MR) is 102 cm³/mol. The van der Waals surface area contributed by atoms with Crippen LogP contribution in [0, 0.1) is 23.3 Å². The number of carbonyl (C=O) groups excluding carboxylic acids is 2. The molecule has 6 nitrogen and oxygen atoms in total. The fourth-order valence-corrected chi connectivity index (χ4v) is 3.07. The van der Waals surface area contributed by atoms with E-state index in [1.807, 2.05) is 5.32 Å². The monoisotopic (exact) mass is 442 g/mol. The highest BCUT2D eigenvalue weighted by molar-refractivity contribution is 8.00. The van der Waals surface area contributed by atoms with Crippen LogP contribution in [0.1, 0.15) is 6.92 Å². The number of anilines is 2. The lowest BCUT2D eigenvalue weighted by Crippen LogP contribution is -2.24. The van der Waals surface area contributed by atoms with E-state index in [2.05, 4.69) is 5.32 Å². The molecule has 0 aliphatic rings. The molecular formula is C19H14F4N2O4S. The first-order valence-corrected chi connectivity index (χ1v) is 9.09. The normalized spacial score (nSPS) is 11.9. The standard InChI is InChI=1S/C19H14F4N2O4S/c1-9(19(29)25-18-16(22)12(20)8-13(21)17(18)23)30-11-4-2-3-10(7-11)24-14(26)5-6-15(27)28/h2-9H,1H3,(H,24,26)(H,25,29)(H,27,28)/b6-5+. The second kappa shape index (κ2) is 9.92. The number of rotatable bonds is 7. The smallest absolute Gasteiger partial charge is 0.328 e. The van der Waals surface area contributed by atoms with Crippen LogP contribution >= 0.6 is 11.8 Å². The number of carboxylic acids is 1. The molecule has 0 bridgehead atoms. The van der Waals surface area contributed by atoms with Crippen molar-refractivity contribution in [1.82, 2.24) is 0 Å². The molecule has 0 fully saturated rings. The maximum absolute atomic E-state index is 13.7. The van der Waals surface area contributed by atoms with Gasteiger partial charge in [0.15, 0.2) is 23.3 Å². The number of aliphatic carboxylic acids is 1. The molecule has 3 N–H and O–H groups in total. The van der Waals surface area contributed by atoms with E-state index < -0.39 is 52.0 Å². The van der Waals surface area contributed by atoms with Crippen molar-refractivity contribution in [2.45, 2.75) is 17.1 Å². The molecule has 1 atom stereocenters. The molecule has 30 heavy (non-hydrogen) atoms. The van der Waals surface area contributed by atoms with E-state index in [9.17, 15) is 31.9 Å². The van der Waals surface area contributed by atoms with Gasteiger partial charge in [-0.25, -0.2) is 22.4 Å². The minimum Gasteiger partial charge on any atom is -0.478 e. The highest BCUT2D eigenvalue weighted by Crippen LogP contribution is 2.28. The first-order chi connectivity index (χ1) is 14.1. The maximum Gasteiger partial charge on any atom is 0.328 e. The number of halogens is 4. The summed E-state index contributed by atoms with van der Waals surface area (Å²) < 4.78 is 53.9. The van der Waals surface area contributed by atoms with Crippen LogP contribution in [0.5, 0.6) is 0 Å². The summed E-state index contributed by atoms with van der Waals surface area (Å²) in [4.78, 5) is 34.7. The Morgan fingerprint density at radius 3 is 2.23 bits per heavy atom. The summed E-state index contributed by atoms with van der Waals surface area (Å²) in [5, 5.41) is 11.8. The fraction of sp³-hybridized carbons (Fsp3) is 0.105. The van der Waals surface area contributed by atoms with Gasteiger partial charge in [-0.15, -0.1) is 11.8 Å². The number of thioether (sulfide) groups is 1. The molecule has 0 aliphatic heterocycles. The fourth-order valence-electron chi connectivity index (χ4n) is 2.14. The molecule has 0 saturated carbocycles. The molecule has 0 spiro atoms. The van der Waals surface area contributed by atoms with E-state index in [0.29, 0.717) is 16.7 Å². The SMILES string of the molecule is CC(Sc1cccc(NC(=O)/C=C/C(=O)O)c1)C(=O)Nc1c(F)c(F)cc(F)c1F. The number of carbonyl (C=O) groups is 3. The Bertz CT molecular complexity index is 1000. The predicted octanol–water partition coefficient (Wildman–Crippen LogP) is 3.94. The van der Waals surface area contributed by atoms with Gasteiger partial charge >= 0.3 is 5.97 Å². The number of carboxylic acid groups (broad SMARTS) is 1. The first kappa shape index (κ1) is 22.9. The molecule has 0 aromatic heterocycles. The van der Waals surface area contributed by atoms with E-state index in [1.54, 1.807) is 12.1 Å². The van der Waals surface area contributed by atoms with E-state index in [1.165, 1.54) is 19.1 Å². The summed E-state index contributed by atoms with van der Waals surface area (Å²) in [5.41, 5.74) is -0.923. The van der Waals surface area contributed by atoms with Gasteiger partial charge in [0.05, 0.1) is 5.25 Å². The van der Waals surface area contributed by atoms with Crippen LogP contribution in [0.4, 0.5) is 28.9 Å². The Balaban J connectivity index is 2.08. The number of amides is 2. The van der Waals surface area contributed by atoms with E-state index in [-0.39, 0.29) is 6.07 Å². The largest absolute Gasteiger partial charge is 0.478 e. The van der Waals surface area contributed by atoms with E-state index in [0.717, 1.165) is 17.8 Å². The van der Waals surface area contributed by atoms with Crippen molar-refractivity contribution in [2.24, 2.45) is 0 Å². The lowest BCUT2D eigenvalue weighted by atomic mass is 10.2. The quantitative estimate of drug-likeness (QED) is 0.261. The highest BCUT2D eigenvalue weighted by Gasteiger charge is 2.23. The average molecular weight is 442 g/mol. The van der Waals surface area contributed by atoms with Gasteiger partial charge in [0.1, 0.15) is 5.69 Å². The average Bonchev–Trinajstić information content (AvgIpc) is 2.68. The molecule has 2 amide bonds. The third kappa shape index (κ3) is 6.08. The second-order valence-electron chi connectivity index (χ2n) is 5.78. The van der Waals surface area contributed by atoms with Crippen LogP contribution in [0.25, 0.3) is 0 Å². The van der Waals surface area contributed by atoms with Crippen molar-refractivity contribution < 1.29 is 37.1 Å². The lowest BCUT2D eigenvalue weighted by Gasteiger charge is -2.14. The van der Waals surface area contributed by atoms with Crippen LogP contribution in [0.15, 0.2) is 47.4 Å². The van der Waals surface area contributed by atoms with Crippen molar-refractivity contribution in [3.8, 4) is 0 Å². The van der Waals surface area contributed by atoms with Crippen molar-refractivity contribution in [3.63, 3.8) is 0 Å². The number of hydrogen-bond acceptors (Lipinski definition) is 4. The topological polar surface area (TPSA) is 95.5 Å². The van der Waals surface area contributed by atoms with Gasteiger partial charge in [-0.3, -0.25) is 9.59 Å². The Kier molecular flexibility index (Phi) is 7.59. The molecule has 0 saturated heterocycles. The van der Waals surface area contributed by atoms with Crippen molar-refractivity contribution in [3.05, 3.63) is 65.8 Å². The Morgan fingerprint density at radius 2 is 1.63 bits per heavy atom. The summed E-state index contributed by atoms with van der Waals surface area (Å²) in [6.45, 7) is 1.40. The van der Waals surface area contributed by atoms with Gasteiger partial charge in [0, 0.05) is 28.8 Å². The summed E-state index contributed by atoms with van der Waals surface area (Å²) in [5.74, 6) is -9.64. The van der Waals surface area contributed by atoms with Gasteiger partial charge in [-0.2, -0.15) is 0 Å². The molecule has 0 heterocycles. The van der Waals surface area contributed by atoms with Crippen LogP contribution < -0.4 is 10.6 Å². The summed E-state index contributed by atoms with van der Waals surface area (Å²) in [6, 6.07) is 6.15. The number of hydrogen-bond donors (Lipinski definition) is 3. The van der Waals surface area contributed by atoms with Crippen molar-refractivity contribution in [1.29, 1.82) is 0 Å². The van der Waals surface area contributed by atoms with Crippen molar-refractivity contribution in [2.75, 3.05) is 10.6 Å². The zero-order valence-corrected chi connectivity index (χ0v) is 16.0. The van der Waals surface area contributed by atoms with Gasteiger partial charge in [-0.05, 0) is 25.1 Å². The van der Waals surface area contributed by atoms with Crippen LogP contribution in [0.3, 0.4) is 0 Å². The second-order valence-corrected chi connectivity index (χ2v) is 7.20.